The van der Waals surface area contributed by atoms with Crippen molar-refractivity contribution in [3.63, 3.8) is 0 Å². The largest absolute Gasteiger partial charge is 0.391 e. The molecule has 1 amide bonds. The number of piperidine rings is 1. The van der Waals surface area contributed by atoms with Crippen LogP contribution in [0, 0.1) is 5.92 Å². The van der Waals surface area contributed by atoms with Gasteiger partial charge < -0.3 is 4.90 Å². The first kappa shape index (κ1) is 14.4. The molecule has 0 bridgehead atoms. The maximum Gasteiger partial charge on any atom is 0.391 e. The van der Waals surface area contributed by atoms with E-state index in [4.69, 9.17) is 0 Å². The van der Waals surface area contributed by atoms with Crippen molar-refractivity contribution in [1.29, 1.82) is 0 Å². The lowest BCUT2D eigenvalue weighted by molar-refractivity contribution is -0.183. The highest BCUT2D eigenvalue weighted by Crippen LogP contribution is 2.34. The highest BCUT2D eigenvalue weighted by molar-refractivity contribution is 9.10. The number of hydrogen-bond acceptors (Lipinski definition) is 1. The molecule has 0 spiro atoms. The number of hydrogen-bond donors (Lipinski definition) is 0. The average molecular weight is 336 g/mol. The van der Waals surface area contributed by atoms with Gasteiger partial charge in [0.05, 0.1) is 5.92 Å². The fourth-order valence-corrected chi connectivity index (χ4v) is 2.61. The van der Waals surface area contributed by atoms with Gasteiger partial charge in [-0.3, -0.25) is 4.79 Å². The Kier molecular flexibility index (Phi) is 4.18. The highest BCUT2D eigenvalue weighted by Gasteiger charge is 2.41. The van der Waals surface area contributed by atoms with Crippen molar-refractivity contribution in [2.45, 2.75) is 19.0 Å². The Morgan fingerprint density at radius 3 is 2.42 bits per heavy atom. The SMILES string of the molecule is O=C(c1cccc(Br)c1)N1CCC(C(F)(F)F)CC1. The number of rotatable bonds is 1. The molecule has 0 radical (unpaired) electrons. The van der Waals surface area contributed by atoms with Gasteiger partial charge in [0, 0.05) is 23.1 Å². The van der Waals surface area contributed by atoms with Crippen LogP contribution >= 0.6 is 15.9 Å². The molecule has 1 aliphatic rings. The van der Waals surface area contributed by atoms with Crippen molar-refractivity contribution in [1.82, 2.24) is 4.90 Å². The van der Waals surface area contributed by atoms with E-state index < -0.39 is 12.1 Å². The zero-order valence-electron chi connectivity index (χ0n) is 10.1. The summed E-state index contributed by atoms with van der Waals surface area (Å²) in [6.45, 7) is 0.324. The summed E-state index contributed by atoms with van der Waals surface area (Å²) in [5.74, 6) is -1.49. The van der Waals surface area contributed by atoms with Crippen molar-refractivity contribution in [2.24, 2.45) is 5.92 Å². The molecule has 1 aromatic carbocycles. The van der Waals surface area contributed by atoms with E-state index in [2.05, 4.69) is 15.9 Å². The Balaban J connectivity index is 2.00. The first-order valence-corrected chi connectivity index (χ1v) is 6.79. The molecule has 1 fully saturated rings. The van der Waals surface area contributed by atoms with E-state index in [1.54, 1.807) is 24.3 Å². The van der Waals surface area contributed by atoms with Crippen LogP contribution in [0.4, 0.5) is 13.2 Å². The molecule has 1 heterocycles. The third kappa shape index (κ3) is 3.49. The van der Waals surface area contributed by atoms with E-state index in [-0.39, 0.29) is 31.8 Å². The van der Waals surface area contributed by atoms with Gasteiger partial charge in [0.1, 0.15) is 0 Å². The number of carbonyl (C=O) groups is 1. The molecule has 2 rings (SSSR count). The van der Waals surface area contributed by atoms with Crippen molar-refractivity contribution < 1.29 is 18.0 Å². The predicted molar refractivity (Wildman–Crippen MR) is 68.8 cm³/mol. The second-order valence-electron chi connectivity index (χ2n) is 4.62. The highest BCUT2D eigenvalue weighted by atomic mass is 79.9. The van der Waals surface area contributed by atoms with Gasteiger partial charge in [-0.15, -0.1) is 0 Å². The van der Waals surface area contributed by atoms with E-state index in [0.717, 1.165) is 4.47 Å². The number of amides is 1. The minimum absolute atomic E-state index is 0.0107. The molecule has 1 aromatic rings. The summed E-state index contributed by atoms with van der Waals surface area (Å²) < 4.78 is 38.4. The molecule has 6 heteroatoms. The van der Waals surface area contributed by atoms with Gasteiger partial charge >= 0.3 is 6.18 Å². The molecular formula is C13H13BrF3NO. The molecule has 0 unspecified atom stereocenters. The van der Waals surface area contributed by atoms with Crippen LogP contribution in [0.3, 0.4) is 0 Å². The number of alkyl halides is 3. The second kappa shape index (κ2) is 5.53. The lowest BCUT2D eigenvalue weighted by atomic mass is 9.96. The molecule has 1 aliphatic heterocycles. The van der Waals surface area contributed by atoms with E-state index >= 15 is 0 Å². The minimum Gasteiger partial charge on any atom is -0.339 e. The van der Waals surface area contributed by atoms with Gasteiger partial charge in [-0.2, -0.15) is 13.2 Å². The summed E-state index contributed by atoms with van der Waals surface area (Å²) in [5.41, 5.74) is 0.500. The topological polar surface area (TPSA) is 20.3 Å². The lowest BCUT2D eigenvalue weighted by Crippen LogP contribution is -2.42. The monoisotopic (exact) mass is 335 g/mol. The normalized spacial score (nSPS) is 17.6. The smallest absolute Gasteiger partial charge is 0.339 e. The van der Waals surface area contributed by atoms with Gasteiger partial charge in [-0.05, 0) is 31.0 Å². The average Bonchev–Trinajstić information content (AvgIpc) is 2.37. The quantitative estimate of drug-likeness (QED) is 0.763. The predicted octanol–water partition coefficient (Wildman–Crippen LogP) is 3.86. The third-order valence-electron chi connectivity index (χ3n) is 3.32. The lowest BCUT2D eigenvalue weighted by Gasteiger charge is -2.33. The van der Waals surface area contributed by atoms with Crippen LogP contribution in [-0.2, 0) is 0 Å². The molecule has 2 nitrogen and oxygen atoms in total. The first-order valence-electron chi connectivity index (χ1n) is 5.99. The van der Waals surface area contributed by atoms with E-state index in [1.165, 1.54) is 4.90 Å². The summed E-state index contributed by atoms with van der Waals surface area (Å²) in [7, 11) is 0. The number of benzene rings is 1. The van der Waals surface area contributed by atoms with Crippen LogP contribution in [-0.4, -0.2) is 30.1 Å². The van der Waals surface area contributed by atoms with Crippen LogP contribution in [0.1, 0.15) is 23.2 Å². The van der Waals surface area contributed by atoms with Gasteiger partial charge in [-0.1, -0.05) is 22.0 Å². The number of nitrogens with zero attached hydrogens (tertiary/aromatic N) is 1. The van der Waals surface area contributed by atoms with E-state index in [1.807, 2.05) is 0 Å². The summed E-state index contributed by atoms with van der Waals surface area (Å²) in [4.78, 5) is 13.6. The standard InChI is InChI=1S/C13H13BrF3NO/c14-11-3-1-2-9(8-11)12(19)18-6-4-10(5-7-18)13(15,16)17/h1-3,8,10H,4-7H2. The van der Waals surface area contributed by atoms with Crippen LogP contribution in [0.25, 0.3) is 0 Å². The van der Waals surface area contributed by atoms with Gasteiger partial charge in [0.15, 0.2) is 0 Å². The molecule has 19 heavy (non-hydrogen) atoms. The first-order chi connectivity index (χ1) is 8.88. The molecule has 1 saturated heterocycles. The Hall–Kier alpha value is -1.04. The van der Waals surface area contributed by atoms with Crippen molar-refractivity contribution in [2.75, 3.05) is 13.1 Å². The zero-order chi connectivity index (χ0) is 14.0. The molecule has 104 valence electrons. The minimum atomic E-state index is -4.15. The van der Waals surface area contributed by atoms with Crippen molar-refractivity contribution in [3.05, 3.63) is 34.3 Å². The van der Waals surface area contributed by atoms with Crippen LogP contribution < -0.4 is 0 Å². The molecule has 0 aliphatic carbocycles. The fraction of sp³-hybridized carbons (Fsp3) is 0.462. The Labute approximate surface area is 117 Å². The Morgan fingerprint density at radius 2 is 1.89 bits per heavy atom. The van der Waals surface area contributed by atoms with E-state index in [0.29, 0.717) is 5.56 Å². The number of carbonyl (C=O) groups excluding carboxylic acids is 1. The third-order valence-corrected chi connectivity index (χ3v) is 3.81. The summed E-state index contributed by atoms with van der Waals surface area (Å²) in [6.07, 6.45) is -4.17. The Morgan fingerprint density at radius 1 is 1.26 bits per heavy atom. The Bertz CT molecular complexity index is 467. The number of likely N-dealkylation sites (tertiary alicyclic amines) is 1. The molecule has 0 saturated carbocycles. The molecule has 0 aromatic heterocycles. The number of halogens is 4. The van der Waals surface area contributed by atoms with Crippen LogP contribution in [0.2, 0.25) is 0 Å². The maximum absolute atomic E-state index is 12.5. The fourth-order valence-electron chi connectivity index (χ4n) is 2.21. The van der Waals surface area contributed by atoms with Gasteiger partial charge in [0.2, 0.25) is 0 Å². The van der Waals surface area contributed by atoms with Crippen molar-refractivity contribution >= 4 is 21.8 Å². The summed E-state index contributed by atoms with van der Waals surface area (Å²) >= 11 is 3.27. The van der Waals surface area contributed by atoms with Gasteiger partial charge in [-0.25, -0.2) is 0 Å². The van der Waals surface area contributed by atoms with Crippen LogP contribution in [0.5, 0.6) is 0 Å². The van der Waals surface area contributed by atoms with E-state index in [9.17, 15) is 18.0 Å². The summed E-state index contributed by atoms with van der Waals surface area (Å²) in [6, 6.07) is 6.88. The maximum atomic E-state index is 12.5. The molecule has 0 atom stereocenters. The molecule has 0 N–H and O–H groups in total. The summed E-state index contributed by atoms with van der Waals surface area (Å²) in [5, 5.41) is 0. The zero-order valence-corrected chi connectivity index (χ0v) is 11.7. The molecular weight excluding hydrogens is 323 g/mol. The van der Waals surface area contributed by atoms with Crippen LogP contribution in [0.15, 0.2) is 28.7 Å². The second-order valence-corrected chi connectivity index (χ2v) is 5.53. The van der Waals surface area contributed by atoms with Gasteiger partial charge in [0.25, 0.3) is 5.91 Å². The van der Waals surface area contributed by atoms with Crippen molar-refractivity contribution in [3.8, 4) is 0 Å².